The van der Waals surface area contributed by atoms with Gasteiger partial charge in [0.05, 0.1) is 6.61 Å². The van der Waals surface area contributed by atoms with Crippen LogP contribution in [0.1, 0.15) is 18.9 Å². The van der Waals surface area contributed by atoms with Gasteiger partial charge in [0.1, 0.15) is 12.1 Å². The SMILES string of the molecule is COCCNC(=O)COC(=O)CN1C(=O)N[C@@](C)(CCc2ccccc2)C1=O. The number of nitrogens with one attached hydrogen (secondary N) is 2. The Kier molecular flexibility index (Phi) is 7.51. The van der Waals surface area contributed by atoms with Gasteiger partial charge in [-0.2, -0.15) is 0 Å². The zero-order valence-electron chi connectivity index (χ0n) is 16.0. The molecule has 0 saturated carbocycles. The number of amides is 4. The van der Waals surface area contributed by atoms with Crippen molar-refractivity contribution in [1.82, 2.24) is 15.5 Å². The van der Waals surface area contributed by atoms with Crippen molar-refractivity contribution in [3.63, 3.8) is 0 Å². The summed E-state index contributed by atoms with van der Waals surface area (Å²) < 4.78 is 9.61. The van der Waals surface area contributed by atoms with Crippen molar-refractivity contribution < 1.29 is 28.7 Å². The third-order valence-corrected chi connectivity index (χ3v) is 4.38. The van der Waals surface area contributed by atoms with Gasteiger partial charge in [-0.3, -0.25) is 19.3 Å². The molecule has 1 saturated heterocycles. The van der Waals surface area contributed by atoms with E-state index in [0.29, 0.717) is 26.0 Å². The van der Waals surface area contributed by atoms with Crippen LogP contribution >= 0.6 is 0 Å². The van der Waals surface area contributed by atoms with Crippen LogP contribution in [0.15, 0.2) is 30.3 Å². The third kappa shape index (κ3) is 5.78. The predicted molar refractivity (Wildman–Crippen MR) is 99.3 cm³/mol. The minimum absolute atomic E-state index is 0.291. The van der Waals surface area contributed by atoms with Crippen molar-refractivity contribution in [3.8, 4) is 0 Å². The molecule has 4 amide bonds. The average Bonchev–Trinajstić information content (AvgIpc) is 2.89. The Balaban J connectivity index is 1.83. The largest absolute Gasteiger partial charge is 0.454 e. The first-order valence-electron chi connectivity index (χ1n) is 8.95. The maximum atomic E-state index is 12.6. The lowest BCUT2D eigenvalue weighted by atomic mass is 9.93. The van der Waals surface area contributed by atoms with Crippen LogP contribution in [0.2, 0.25) is 0 Å². The van der Waals surface area contributed by atoms with E-state index in [0.717, 1.165) is 10.5 Å². The van der Waals surface area contributed by atoms with Crippen LogP contribution in [0.4, 0.5) is 4.79 Å². The zero-order valence-corrected chi connectivity index (χ0v) is 16.0. The van der Waals surface area contributed by atoms with E-state index in [-0.39, 0.29) is 0 Å². The first-order chi connectivity index (χ1) is 13.4. The molecule has 1 heterocycles. The fourth-order valence-corrected chi connectivity index (χ4v) is 2.76. The summed E-state index contributed by atoms with van der Waals surface area (Å²) in [6, 6.07) is 8.94. The van der Waals surface area contributed by atoms with Crippen LogP contribution in [0.5, 0.6) is 0 Å². The van der Waals surface area contributed by atoms with Gasteiger partial charge in [-0.15, -0.1) is 0 Å². The number of carbonyl (C=O) groups is 4. The Morgan fingerprint density at radius 2 is 1.93 bits per heavy atom. The molecule has 1 aliphatic rings. The number of hydrogen-bond donors (Lipinski definition) is 2. The number of ether oxygens (including phenoxy) is 2. The molecule has 0 unspecified atom stereocenters. The standard InChI is InChI=1S/C19H25N3O6/c1-19(9-8-14-6-4-3-5-7-14)17(25)22(18(26)21-19)12-16(24)28-13-15(23)20-10-11-27-2/h3-7H,8-13H2,1-2H3,(H,20,23)(H,21,26)/t19-/m0/s1. The molecule has 0 spiro atoms. The van der Waals surface area contributed by atoms with Gasteiger partial charge in [0.2, 0.25) is 0 Å². The monoisotopic (exact) mass is 391 g/mol. The maximum absolute atomic E-state index is 12.6. The van der Waals surface area contributed by atoms with Crippen LogP contribution in [0.25, 0.3) is 0 Å². The molecule has 1 aliphatic heterocycles. The Hall–Kier alpha value is -2.94. The number of nitrogens with zero attached hydrogens (tertiary/aromatic N) is 1. The van der Waals surface area contributed by atoms with Crippen LogP contribution in [0, 0.1) is 0 Å². The summed E-state index contributed by atoms with van der Waals surface area (Å²) >= 11 is 0. The molecule has 9 nitrogen and oxygen atoms in total. The number of carbonyl (C=O) groups excluding carboxylic acids is 4. The van der Waals surface area contributed by atoms with Gasteiger partial charge in [0, 0.05) is 13.7 Å². The highest BCUT2D eigenvalue weighted by Crippen LogP contribution is 2.23. The number of hydrogen-bond acceptors (Lipinski definition) is 6. The van der Waals surface area contributed by atoms with Gasteiger partial charge in [0.15, 0.2) is 6.61 Å². The Morgan fingerprint density at radius 1 is 1.21 bits per heavy atom. The number of imide groups is 1. The van der Waals surface area contributed by atoms with Crippen LogP contribution < -0.4 is 10.6 Å². The van der Waals surface area contributed by atoms with Crippen molar-refractivity contribution in [3.05, 3.63) is 35.9 Å². The molecule has 1 fully saturated rings. The topological polar surface area (TPSA) is 114 Å². The quantitative estimate of drug-likeness (QED) is 0.335. The molecule has 0 bridgehead atoms. The molecular formula is C19H25N3O6. The fourth-order valence-electron chi connectivity index (χ4n) is 2.76. The molecule has 9 heteroatoms. The lowest BCUT2D eigenvalue weighted by Crippen LogP contribution is -2.44. The smallest absolute Gasteiger partial charge is 0.326 e. The van der Waals surface area contributed by atoms with Gasteiger partial charge in [-0.1, -0.05) is 30.3 Å². The number of rotatable bonds is 10. The van der Waals surface area contributed by atoms with Crippen molar-refractivity contribution in [1.29, 1.82) is 0 Å². The molecule has 1 aromatic rings. The second-order valence-corrected chi connectivity index (χ2v) is 6.64. The van der Waals surface area contributed by atoms with E-state index < -0.39 is 42.5 Å². The summed E-state index contributed by atoms with van der Waals surface area (Å²) in [5.41, 5.74) is -0.0480. The van der Waals surface area contributed by atoms with Crippen molar-refractivity contribution in [2.45, 2.75) is 25.3 Å². The summed E-state index contributed by atoms with van der Waals surface area (Å²) in [4.78, 5) is 49.0. The number of methoxy groups -OCH3 is 1. The fraction of sp³-hybridized carbons (Fsp3) is 0.474. The number of aryl methyl sites for hydroxylation is 1. The third-order valence-electron chi connectivity index (χ3n) is 4.38. The summed E-state index contributed by atoms with van der Waals surface area (Å²) in [7, 11) is 1.50. The second kappa shape index (κ2) is 9.84. The van der Waals surface area contributed by atoms with Gasteiger partial charge in [-0.05, 0) is 25.3 Å². The summed E-state index contributed by atoms with van der Waals surface area (Å²) in [5.74, 6) is -1.82. The Labute approximate surface area is 163 Å². The molecule has 0 aromatic heterocycles. The lowest BCUT2D eigenvalue weighted by molar-refractivity contribution is -0.151. The van der Waals surface area contributed by atoms with E-state index in [1.165, 1.54) is 7.11 Å². The molecule has 2 N–H and O–H groups in total. The van der Waals surface area contributed by atoms with E-state index >= 15 is 0 Å². The van der Waals surface area contributed by atoms with Crippen molar-refractivity contribution in [2.24, 2.45) is 0 Å². The number of benzene rings is 1. The number of urea groups is 1. The van der Waals surface area contributed by atoms with E-state index in [4.69, 9.17) is 9.47 Å². The first kappa shape index (κ1) is 21.4. The zero-order chi connectivity index (χ0) is 20.6. The summed E-state index contributed by atoms with van der Waals surface area (Å²) in [6.45, 7) is 1.22. The molecule has 0 radical (unpaired) electrons. The highest BCUT2D eigenvalue weighted by molar-refractivity contribution is 6.08. The molecule has 152 valence electrons. The van der Waals surface area contributed by atoms with E-state index in [2.05, 4.69) is 10.6 Å². The normalized spacial score (nSPS) is 18.7. The average molecular weight is 391 g/mol. The molecule has 1 aromatic carbocycles. The highest BCUT2D eigenvalue weighted by atomic mass is 16.5. The van der Waals surface area contributed by atoms with Crippen molar-refractivity contribution in [2.75, 3.05) is 33.4 Å². The van der Waals surface area contributed by atoms with Crippen LogP contribution in [0.3, 0.4) is 0 Å². The predicted octanol–water partition coefficient (Wildman–Crippen LogP) is 0.236. The molecule has 28 heavy (non-hydrogen) atoms. The highest BCUT2D eigenvalue weighted by Gasteiger charge is 2.48. The van der Waals surface area contributed by atoms with Gasteiger partial charge in [-0.25, -0.2) is 4.79 Å². The Bertz CT molecular complexity index is 724. The van der Waals surface area contributed by atoms with Gasteiger partial charge in [0.25, 0.3) is 11.8 Å². The summed E-state index contributed by atoms with van der Waals surface area (Å²) in [6.07, 6.45) is 0.998. The van der Waals surface area contributed by atoms with E-state index in [1.54, 1.807) is 6.92 Å². The maximum Gasteiger partial charge on any atom is 0.326 e. The molecule has 1 atom stereocenters. The van der Waals surface area contributed by atoms with Gasteiger partial charge >= 0.3 is 12.0 Å². The molecule has 0 aliphatic carbocycles. The minimum Gasteiger partial charge on any atom is -0.454 e. The lowest BCUT2D eigenvalue weighted by Gasteiger charge is -2.21. The van der Waals surface area contributed by atoms with E-state index in [9.17, 15) is 19.2 Å². The first-order valence-corrected chi connectivity index (χ1v) is 8.95. The van der Waals surface area contributed by atoms with Crippen molar-refractivity contribution >= 4 is 23.8 Å². The summed E-state index contributed by atoms with van der Waals surface area (Å²) in [5, 5.41) is 5.14. The molecular weight excluding hydrogens is 366 g/mol. The Morgan fingerprint density at radius 3 is 2.61 bits per heavy atom. The second-order valence-electron chi connectivity index (χ2n) is 6.64. The van der Waals surface area contributed by atoms with Crippen LogP contribution in [-0.2, 0) is 30.3 Å². The van der Waals surface area contributed by atoms with Gasteiger partial charge < -0.3 is 20.1 Å². The van der Waals surface area contributed by atoms with E-state index in [1.807, 2.05) is 30.3 Å². The van der Waals surface area contributed by atoms with Crippen LogP contribution in [-0.4, -0.2) is 67.7 Å². The minimum atomic E-state index is -1.09. The number of esters is 1. The molecule has 2 rings (SSSR count).